The van der Waals surface area contributed by atoms with Gasteiger partial charge < -0.3 is 0 Å². The van der Waals surface area contributed by atoms with E-state index in [2.05, 4.69) is 4.72 Å². The van der Waals surface area contributed by atoms with Crippen LogP contribution in [0.1, 0.15) is 31.4 Å². The fraction of sp³-hybridized carbons (Fsp3) is 0.400. The predicted octanol–water partition coefficient (Wildman–Crippen LogP) is 1.60. The van der Waals surface area contributed by atoms with Crippen molar-refractivity contribution in [2.24, 2.45) is 5.14 Å². The normalized spacial score (nSPS) is 13.6. The molecule has 7 heteroatoms. The molecular formula is C10H14F2N2O2S. The molecule has 0 radical (unpaired) electrons. The van der Waals surface area contributed by atoms with E-state index in [9.17, 15) is 17.2 Å². The Morgan fingerprint density at radius 3 is 2.53 bits per heavy atom. The van der Waals surface area contributed by atoms with Crippen molar-refractivity contribution in [2.75, 3.05) is 0 Å². The van der Waals surface area contributed by atoms with Crippen molar-refractivity contribution in [3.63, 3.8) is 0 Å². The van der Waals surface area contributed by atoms with E-state index in [1.54, 1.807) is 0 Å². The number of rotatable bonds is 5. The molecule has 0 saturated heterocycles. The van der Waals surface area contributed by atoms with Crippen LogP contribution in [0.25, 0.3) is 0 Å². The molecule has 96 valence electrons. The fourth-order valence-electron chi connectivity index (χ4n) is 1.55. The van der Waals surface area contributed by atoms with Crippen LogP contribution in [0.2, 0.25) is 0 Å². The van der Waals surface area contributed by atoms with E-state index in [-0.39, 0.29) is 5.56 Å². The standard InChI is InChI=1S/C10H14F2N2O2S/c1-2-3-10(14-17(13,15)16)8-5-4-7(11)6-9(8)12/h4-6,10,14H,2-3H2,1H3,(H2,13,15,16)/t10-/m0/s1. The minimum atomic E-state index is -3.93. The lowest BCUT2D eigenvalue weighted by molar-refractivity contribution is 0.506. The van der Waals surface area contributed by atoms with Crippen molar-refractivity contribution >= 4 is 10.2 Å². The minimum Gasteiger partial charge on any atom is -0.216 e. The fourth-order valence-corrected chi connectivity index (χ4v) is 2.19. The number of benzene rings is 1. The molecule has 1 atom stereocenters. The molecular weight excluding hydrogens is 250 g/mol. The van der Waals surface area contributed by atoms with Crippen molar-refractivity contribution in [1.29, 1.82) is 0 Å². The Morgan fingerprint density at radius 1 is 1.41 bits per heavy atom. The number of hydrogen-bond donors (Lipinski definition) is 2. The average Bonchev–Trinajstić information content (AvgIpc) is 2.14. The highest BCUT2D eigenvalue weighted by atomic mass is 32.2. The van der Waals surface area contributed by atoms with Crippen LogP contribution in [0.5, 0.6) is 0 Å². The van der Waals surface area contributed by atoms with Gasteiger partial charge in [-0.2, -0.15) is 13.1 Å². The molecule has 0 unspecified atom stereocenters. The van der Waals surface area contributed by atoms with Crippen molar-refractivity contribution in [2.45, 2.75) is 25.8 Å². The predicted molar refractivity (Wildman–Crippen MR) is 60.2 cm³/mol. The number of hydrogen-bond acceptors (Lipinski definition) is 2. The third kappa shape index (κ3) is 4.37. The van der Waals surface area contributed by atoms with Crippen molar-refractivity contribution < 1.29 is 17.2 Å². The van der Waals surface area contributed by atoms with Crippen LogP contribution in [0.4, 0.5) is 8.78 Å². The second-order valence-electron chi connectivity index (χ2n) is 3.67. The molecule has 0 aliphatic heterocycles. The molecule has 0 heterocycles. The van der Waals surface area contributed by atoms with Gasteiger partial charge in [-0.1, -0.05) is 19.4 Å². The summed E-state index contributed by atoms with van der Waals surface area (Å²) in [5, 5.41) is 4.85. The molecule has 1 rings (SSSR count). The Kier molecular flexibility index (Phi) is 4.55. The largest absolute Gasteiger partial charge is 0.274 e. The van der Waals surface area contributed by atoms with Gasteiger partial charge in [-0.05, 0) is 12.5 Å². The first-order valence-corrected chi connectivity index (χ1v) is 6.63. The van der Waals surface area contributed by atoms with Crippen LogP contribution < -0.4 is 9.86 Å². The van der Waals surface area contributed by atoms with Gasteiger partial charge >= 0.3 is 0 Å². The molecule has 0 saturated carbocycles. The van der Waals surface area contributed by atoms with Crippen LogP contribution in [-0.2, 0) is 10.2 Å². The van der Waals surface area contributed by atoms with Crippen LogP contribution in [0.15, 0.2) is 18.2 Å². The molecule has 0 aromatic heterocycles. The SMILES string of the molecule is CCC[C@H](NS(N)(=O)=O)c1ccc(F)cc1F. The number of nitrogens with two attached hydrogens (primary N) is 1. The van der Waals surface area contributed by atoms with Crippen molar-refractivity contribution in [3.8, 4) is 0 Å². The van der Waals surface area contributed by atoms with Gasteiger partial charge in [0.1, 0.15) is 11.6 Å². The smallest absolute Gasteiger partial charge is 0.216 e. The lowest BCUT2D eigenvalue weighted by Crippen LogP contribution is -2.34. The third-order valence-electron chi connectivity index (χ3n) is 2.22. The molecule has 0 spiro atoms. The van der Waals surface area contributed by atoms with Crippen LogP contribution in [0.3, 0.4) is 0 Å². The van der Waals surface area contributed by atoms with Gasteiger partial charge in [0.15, 0.2) is 0 Å². The Labute approximate surface area is 99.0 Å². The highest BCUT2D eigenvalue weighted by molar-refractivity contribution is 7.87. The summed E-state index contributed by atoms with van der Waals surface area (Å²) in [5.41, 5.74) is 0.0854. The topological polar surface area (TPSA) is 72.2 Å². The van der Waals surface area contributed by atoms with Gasteiger partial charge in [0.05, 0.1) is 6.04 Å². The van der Waals surface area contributed by atoms with Gasteiger partial charge in [0.2, 0.25) is 0 Å². The summed E-state index contributed by atoms with van der Waals surface area (Å²) in [5.74, 6) is -1.50. The lowest BCUT2D eigenvalue weighted by Gasteiger charge is -2.17. The Morgan fingerprint density at radius 2 is 2.06 bits per heavy atom. The summed E-state index contributed by atoms with van der Waals surface area (Å²) < 4.78 is 50.2. The maximum absolute atomic E-state index is 13.5. The van der Waals surface area contributed by atoms with Crippen LogP contribution >= 0.6 is 0 Å². The second-order valence-corrected chi connectivity index (χ2v) is 5.00. The summed E-state index contributed by atoms with van der Waals surface area (Å²) in [7, 11) is -3.93. The molecule has 4 nitrogen and oxygen atoms in total. The summed E-state index contributed by atoms with van der Waals surface area (Å²) in [6, 6.07) is 2.22. The molecule has 0 aliphatic rings. The van der Waals surface area contributed by atoms with Crippen molar-refractivity contribution in [3.05, 3.63) is 35.4 Å². The molecule has 0 fully saturated rings. The van der Waals surface area contributed by atoms with E-state index in [0.29, 0.717) is 18.9 Å². The highest BCUT2D eigenvalue weighted by Crippen LogP contribution is 2.22. The molecule has 17 heavy (non-hydrogen) atoms. The van der Waals surface area contributed by atoms with Gasteiger partial charge in [-0.15, -0.1) is 0 Å². The Bertz CT molecular complexity index is 491. The molecule has 0 bridgehead atoms. The number of nitrogens with one attached hydrogen (secondary N) is 1. The van der Waals surface area contributed by atoms with E-state index in [0.717, 1.165) is 6.07 Å². The maximum atomic E-state index is 13.5. The lowest BCUT2D eigenvalue weighted by atomic mass is 10.0. The van der Waals surface area contributed by atoms with Gasteiger partial charge in [0, 0.05) is 11.6 Å². The summed E-state index contributed by atoms with van der Waals surface area (Å²) in [4.78, 5) is 0. The molecule has 3 N–H and O–H groups in total. The summed E-state index contributed by atoms with van der Waals surface area (Å²) >= 11 is 0. The minimum absolute atomic E-state index is 0.0854. The average molecular weight is 264 g/mol. The summed E-state index contributed by atoms with van der Waals surface area (Å²) in [6.07, 6.45) is 1.00. The monoisotopic (exact) mass is 264 g/mol. The molecule has 1 aromatic carbocycles. The summed E-state index contributed by atoms with van der Waals surface area (Å²) in [6.45, 7) is 1.82. The van der Waals surface area contributed by atoms with E-state index >= 15 is 0 Å². The Balaban J connectivity index is 3.05. The van der Waals surface area contributed by atoms with Crippen LogP contribution in [0, 0.1) is 11.6 Å². The maximum Gasteiger partial charge on any atom is 0.274 e. The van der Waals surface area contributed by atoms with Gasteiger partial charge in [-0.25, -0.2) is 13.9 Å². The second kappa shape index (κ2) is 5.52. The molecule has 0 amide bonds. The van der Waals surface area contributed by atoms with E-state index < -0.39 is 27.9 Å². The van der Waals surface area contributed by atoms with E-state index in [4.69, 9.17) is 5.14 Å². The first kappa shape index (κ1) is 14.0. The zero-order chi connectivity index (χ0) is 13.1. The zero-order valence-electron chi connectivity index (χ0n) is 9.28. The van der Waals surface area contributed by atoms with Gasteiger partial charge in [0.25, 0.3) is 10.2 Å². The third-order valence-corrected chi connectivity index (χ3v) is 2.83. The first-order chi connectivity index (χ1) is 7.83. The van der Waals surface area contributed by atoms with Crippen LogP contribution in [-0.4, -0.2) is 8.42 Å². The highest BCUT2D eigenvalue weighted by Gasteiger charge is 2.19. The van der Waals surface area contributed by atoms with E-state index in [1.807, 2.05) is 6.92 Å². The Hall–Kier alpha value is -1.05. The number of halogens is 2. The zero-order valence-corrected chi connectivity index (χ0v) is 10.1. The molecule has 0 aliphatic carbocycles. The first-order valence-electron chi connectivity index (χ1n) is 5.08. The quantitative estimate of drug-likeness (QED) is 0.847. The molecule has 1 aromatic rings. The van der Waals surface area contributed by atoms with Crippen molar-refractivity contribution in [1.82, 2.24) is 4.72 Å². The van der Waals surface area contributed by atoms with Gasteiger partial charge in [-0.3, -0.25) is 0 Å². The van der Waals surface area contributed by atoms with E-state index in [1.165, 1.54) is 6.07 Å².